The van der Waals surface area contributed by atoms with Crippen molar-refractivity contribution in [3.8, 4) is 16.9 Å². The Balaban J connectivity index is 1.82. The number of allylic oxidation sites excluding steroid dienone is 1. The van der Waals surface area contributed by atoms with E-state index in [1.54, 1.807) is 49.0 Å². The molecule has 7 heteroatoms. The lowest BCUT2D eigenvalue weighted by Crippen LogP contribution is -2.09. The number of nitrogens with zero attached hydrogens (tertiary/aromatic N) is 1. The number of ether oxygens (including phenoxy) is 1. The van der Waals surface area contributed by atoms with E-state index >= 15 is 0 Å². The van der Waals surface area contributed by atoms with Crippen LogP contribution in [0.5, 0.6) is 5.75 Å². The second kappa shape index (κ2) is 9.69. The van der Waals surface area contributed by atoms with Gasteiger partial charge in [0.15, 0.2) is 0 Å². The van der Waals surface area contributed by atoms with Crippen molar-refractivity contribution in [2.75, 3.05) is 11.9 Å². The van der Waals surface area contributed by atoms with Crippen molar-refractivity contribution in [3.63, 3.8) is 0 Å². The molecule has 0 bridgehead atoms. The Morgan fingerprint density at radius 1 is 1.21 bits per heavy atom. The summed E-state index contributed by atoms with van der Waals surface area (Å²) in [6, 6.07) is 10.9. The number of hydrogen-bond acceptors (Lipinski definition) is 4. The van der Waals surface area contributed by atoms with E-state index in [1.165, 1.54) is 0 Å². The van der Waals surface area contributed by atoms with E-state index in [4.69, 9.17) is 32.4 Å². The molecule has 4 rings (SSSR count). The monoisotopic (exact) mass is 480 g/mol. The minimum Gasteiger partial charge on any atom is -0.493 e. The van der Waals surface area contributed by atoms with Gasteiger partial charge < -0.3 is 14.5 Å². The van der Waals surface area contributed by atoms with E-state index in [-0.39, 0.29) is 5.91 Å². The quantitative estimate of drug-likeness (QED) is 0.289. The number of hydrogen-bond donors (Lipinski definition) is 1. The molecule has 2 heterocycles. The van der Waals surface area contributed by atoms with Crippen LogP contribution in [0.15, 0.2) is 65.5 Å². The van der Waals surface area contributed by atoms with Crippen molar-refractivity contribution in [3.05, 3.63) is 82.3 Å². The third-order valence-electron chi connectivity index (χ3n) is 5.26. The highest BCUT2D eigenvalue weighted by atomic mass is 35.5. The van der Waals surface area contributed by atoms with Gasteiger partial charge in [-0.2, -0.15) is 0 Å². The van der Waals surface area contributed by atoms with Crippen LogP contribution in [0.4, 0.5) is 5.69 Å². The molecule has 0 atom stereocenters. The number of furan rings is 1. The van der Waals surface area contributed by atoms with E-state index in [9.17, 15) is 4.79 Å². The summed E-state index contributed by atoms with van der Waals surface area (Å²) in [5.41, 5.74) is 5.38. The molecule has 0 radical (unpaired) electrons. The molecule has 0 aliphatic heterocycles. The second-order valence-corrected chi connectivity index (χ2v) is 8.36. The number of carbonyl (C=O) groups excluding carboxylic acids is 1. The Morgan fingerprint density at radius 2 is 2.03 bits per heavy atom. The lowest BCUT2D eigenvalue weighted by Gasteiger charge is -2.15. The third-order valence-corrected chi connectivity index (χ3v) is 5.80. The fourth-order valence-corrected chi connectivity index (χ4v) is 4.26. The summed E-state index contributed by atoms with van der Waals surface area (Å²) in [6.07, 6.45) is 6.47. The van der Waals surface area contributed by atoms with Crippen LogP contribution in [0.25, 0.3) is 27.7 Å². The number of benzene rings is 2. The van der Waals surface area contributed by atoms with Crippen LogP contribution in [-0.4, -0.2) is 17.5 Å². The molecule has 0 saturated heterocycles. The van der Waals surface area contributed by atoms with Crippen molar-refractivity contribution < 1.29 is 13.9 Å². The van der Waals surface area contributed by atoms with Crippen LogP contribution < -0.4 is 10.1 Å². The van der Waals surface area contributed by atoms with Gasteiger partial charge in [0.2, 0.25) is 5.91 Å². The van der Waals surface area contributed by atoms with Crippen LogP contribution in [0.3, 0.4) is 0 Å². The summed E-state index contributed by atoms with van der Waals surface area (Å²) in [6.45, 7) is 6.21. The maximum absolute atomic E-state index is 12.6. The van der Waals surface area contributed by atoms with Gasteiger partial charge >= 0.3 is 0 Å². The lowest BCUT2D eigenvalue weighted by molar-refractivity contribution is -0.111. The van der Waals surface area contributed by atoms with Crippen LogP contribution in [0.2, 0.25) is 10.0 Å². The fourth-order valence-electron chi connectivity index (χ4n) is 3.74. The van der Waals surface area contributed by atoms with Crippen LogP contribution in [-0.2, 0) is 4.79 Å². The Kier molecular flexibility index (Phi) is 6.72. The Labute approximate surface area is 202 Å². The van der Waals surface area contributed by atoms with Gasteiger partial charge in [0, 0.05) is 44.9 Å². The molecule has 1 N–H and O–H groups in total. The number of anilines is 1. The summed E-state index contributed by atoms with van der Waals surface area (Å²) in [5, 5.41) is 4.78. The number of fused-ring (bicyclic) bond motifs is 1. The van der Waals surface area contributed by atoms with Crippen molar-refractivity contribution in [1.82, 2.24) is 4.98 Å². The molecule has 0 unspecified atom stereocenters. The smallest absolute Gasteiger partial charge is 0.248 e. The first-order valence-corrected chi connectivity index (χ1v) is 11.2. The Hall–Kier alpha value is -3.28. The van der Waals surface area contributed by atoms with Gasteiger partial charge in [-0.05, 0) is 56.7 Å². The summed E-state index contributed by atoms with van der Waals surface area (Å²) in [5.74, 6) is 0.421. The number of aryl methyl sites for hydroxylation is 1. The highest BCUT2D eigenvalue weighted by molar-refractivity contribution is 6.36. The molecule has 0 aliphatic carbocycles. The standard InChI is InChI=1S/C26H22Cl2N2O3/c1-4-32-25-16(3)26-21(22(14-33-26)19-8-7-17(27)11-23(19)28)12-20(25)15(2)10-24(31)30-18-6-5-9-29-13-18/h5-14H,4H2,1-3H3,(H,30,31)/b15-10+. The maximum atomic E-state index is 12.6. The van der Waals surface area contributed by atoms with Gasteiger partial charge in [0.1, 0.15) is 11.3 Å². The van der Waals surface area contributed by atoms with Crippen LogP contribution >= 0.6 is 23.2 Å². The zero-order chi connectivity index (χ0) is 23.5. The van der Waals surface area contributed by atoms with E-state index in [1.807, 2.05) is 32.9 Å². The minimum atomic E-state index is -0.256. The van der Waals surface area contributed by atoms with E-state index < -0.39 is 0 Å². The van der Waals surface area contributed by atoms with E-state index in [0.717, 1.165) is 33.2 Å². The van der Waals surface area contributed by atoms with Crippen LogP contribution in [0.1, 0.15) is 25.0 Å². The van der Waals surface area contributed by atoms with Gasteiger partial charge in [0.25, 0.3) is 0 Å². The largest absolute Gasteiger partial charge is 0.493 e. The normalized spacial score (nSPS) is 11.6. The predicted molar refractivity (Wildman–Crippen MR) is 134 cm³/mol. The molecule has 5 nitrogen and oxygen atoms in total. The number of carbonyl (C=O) groups is 1. The molecule has 1 amide bonds. The molecule has 0 spiro atoms. The second-order valence-electron chi connectivity index (χ2n) is 7.52. The molecular weight excluding hydrogens is 459 g/mol. The number of rotatable bonds is 6. The molecule has 33 heavy (non-hydrogen) atoms. The number of aromatic nitrogens is 1. The first-order chi connectivity index (χ1) is 15.9. The third kappa shape index (κ3) is 4.75. The minimum absolute atomic E-state index is 0.256. The van der Waals surface area contributed by atoms with Crippen molar-refractivity contribution in [2.24, 2.45) is 0 Å². The van der Waals surface area contributed by atoms with Gasteiger partial charge in [-0.25, -0.2) is 0 Å². The van der Waals surface area contributed by atoms with Gasteiger partial charge in [0.05, 0.1) is 29.8 Å². The molecule has 0 fully saturated rings. The fraction of sp³-hybridized carbons (Fsp3) is 0.154. The first-order valence-electron chi connectivity index (χ1n) is 10.4. The number of nitrogens with one attached hydrogen (secondary N) is 1. The summed E-state index contributed by atoms with van der Waals surface area (Å²) in [7, 11) is 0. The van der Waals surface area contributed by atoms with Crippen molar-refractivity contribution >= 4 is 51.3 Å². The summed E-state index contributed by atoms with van der Waals surface area (Å²) < 4.78 is 11.9. The Morgan fingerprint density at radius 3 is 2.73 bits per heavy atom. The topological polar surface area (TPSA) is 64.4 Å². The van der Waals surface area contributed by atoms with Gasteiger partial charge in [-0.3, -0.25) is 9.78 Å². The molecule has 2 aromatic carbocycles. The van der Waals surface area contributed by atoms with Gasteiger partial charge in [-0.1, -0.05) is 29.3 Å². The maximum Gasteiger partial charge on any atom is 0.248 e. The average Bonchev–Trinajstić information content (AvgIpc) is 3.20. The SMILES string of the molecule is CCOc1c(/C(C)=C/C(=O)Nc2cccnc2)cc2c(-c3ccc(Cl)cc3Cl)coc2c1C. The number of amides is 1. The highest BCUT2D eigenvalue weighted by Crippen LogP contribution is 2.42. The van der Waals surface area contributed by atoms with Crippen molar-refractivity contribution in [1.29, 1.82) is 0 Å². The molecular formula is C26H22Cl2N2O3. The van der Waals surface area contributed by atoms with Gasteiger partial charge in [-0.15, -0.1) is 0 Å². The Bertz CT molecular complexity index is 1360. The average molecular weight is 481 g/mol. The van der Waals surface area contributed by atoms with E-state index in [2.05, 4.69) is 10.3 Å². The summed E-state index contributed by atoms with van der Waals surface area (Å²) in [4.78, 5) is 16.6. The summed E-state index contributed by atoms with van der Waals surface area (Å²) >= 11 is 12.5. The van der Waals surface area contributed by atoms with Crippen LogP contribution in [0, 0.1) is 6.92 Å². The molecule has 168 valence electrons. The highest BCUT2D eigenvalue weighted by Gasteiger charge is 2.20. The zero-order valence-electron chi connectivity index (χ0n) is 18.4. The molecule has 4 aromatic rings. The van der Waals surface area contributed by atoms with Crippen molar-refractivity contribution in [2.45, 2.75) is 20.8 Å². The molecule has 2 aromatic heterocycles. The molecule has 0 aliphatic rings. The number of pyridine rings is 1. The number of halogens is 2. The predicted octanol–water partition coefficient (Wildman–Crippen LogP) is 7.55. The lowest BCUT2D eigenvalue weighted by atomic mass is 9.96. The first kappa shape index (κ1) is 22.9. The molecule has 0 saturated carbocycles. The zero-order valence-corrected chi connectivity index (χ0v) is 19.9. The van der Waals surface area contributed by atoms with E-state index in [0.29, 0.717) is 33.7 Å².